The van der Waals surface area contributed by atoms with Crippen LogP contribution < -0.4 is 10.9 Å². The monoisotopic (exact) mass is 425 g/mol. The highest BCUT2D eigenvalue weighted by Gasteiger charge is 2.22. The summed E-state index contributed by atoms with van der Waals surface area (Å²) >= 11 is 0. The molecule has 0 bridgehead atoms. The van der Waals surface area contributed by atoms with Crippen molar-refractivity contribution in [2.24, 2.45) is 5.92 Å². The highest BCUT2D eigenvalue weighted by molar-refractivity contribution is 5.95. The van der Waals surface area contributed by atoms with E-state index < -0.39 is 12.1 Å². The second-order valence-electron chi connectivity index (χ2n) is 8.82. The Bertz CT molecular complexity index is 1020. The molecule has 0 saturated heterocycles. The predicted octanol–water partition coefficient (Wildman–Crippen LogP) is 3.36. The van der Waals surface area contributed by atoms with Crippen LogP contribution in [0.3, 0.4) is 0 Å². The van der Waals surface area contributed by atoms with E-state index in [9.17, 15) is 14.4 Å². The van der Waals surface area contributed by atoms with Gasteiger partial charge in [-0.25, -0.2) is 9.78 Å². The van der Waals surface area contributed by atoms with Gasteiger partial charge in [0, 0.05) is 19.5 Å². The van der Waals surface area contributed by atoms with Gasteiger partial charge in [-0.05, 0) is 56.7 Å². The largest absolute Gasteiger partial charge is 0.449 e. The highest BCUT2D eigenvalue weighted by atomic mass is 16.5. The van der Waals surface area contributed by atoms with Gasteiger partial charge in [0.15, 0.2) is 6.10 Å². The van der Waals surface area contributed by atoms with Crippen molar-refractivity contribution >= 4 is 22.8 Å². The minimum Gasteiger partial charge on any atom is -0.449 e. The molecule has 7 heteroatoms. The lowest BCUT2D eigenvalue weighted by Gasteiger charge is -2.22. The van der Waals surface area contributed by atoms with Gasteiger partial charge in [0.1, 0.15) is 5.82 Å². The molecule has 2 aliphatic rings. The van der Waals surface area contributed by atoms with E-state index in [4.69, 9.17) is 4.74 Å². The molecule has 1 aromatic heterocycles. The first-order chi connectivity index (χ1) is 15.0. The summed E-state index contributed by atoms with van der Waals surface area (Å²) in [5, 5.41) is 3.41. The van der Waals surface area contributed by atoms with Crippen molar-refractivity contribution in [1.82, 2.24) is 14.9 Å². The van der Waals surface area contributed by atoms with Crippen LogP contribution in [0.15, 0.2) is 23.0 Å². The summed E-state index contributed by atoms with van der Waals surface area (Å²) in [6, 6.07) is 4.80. The maximum atomic E-state index is 12.8. The average molecular weight is 426 g/mol. The maximum absolute atomic E-state index is 12.8. The van der Waals surface area contributed by atoms with Crippen molar-refractivity contribution in [1.29, 1.82) is 0 Å². The quantitative estimate of drug-likeness (QED) is 0.742. The van der Waals surface area contributed by atoms with Crippen LogP contribution in [-0.4, -0.2) is 34.1 Å². The van der Waals surface area contributed by atoms with Gasteiger partial charge in [0.2, 0.25) is 0 Å². The van der Waals surface area contributed by atoms with Gasteiger partial charge in [-0.15, -0.1) is 0 Å². The van der Waals surface area contributed by atoms with Crippen LogP contribution in [-0.2, 0) is 22.5 Å². The van der Waals surface area contributed by atoms with Gasteiger partial charge < -0.3 is 10.1 Å². The summed E-state index contributed by atoms with van der Waals surface area (Å²) < 4.78 is 7.14. The first-order valence-corrected chi connectivity index (χ1v) is 11.5. The Kier molecular flexibility index (Phi) is 6.68. The Balaban J connectivity index is 1.43. The Morgan fingerprint density at radius 3 is 2.74 bits per heavy atom. The number of hydrogen-bond donors (Lipinski definition) is 1. The fourth-order valence-corrected chi connectivity index (χ4v) is 4.61. The third-order valence-electron chi connectivity index (χ3n) is 6.49. The Morgan fingerprint density at radius 2 is 1.94 bits per heavy atom. The number of benzene rings is 1. The van der Waals surface area contributed by atoms with Crippen LogP contribution in [0, 0.1) is 5.92 Å². The number of fused-ring (bicyclic) bond motifs is 2. The van der Waals surface area contributed by atoms with Crippen molar-refractivity contribution in [3.63, 3.8) is 0 Å². The lowest BCUT2D eigenvalue weighted by atomic mass is 9.89. The predicted molar refractivity (Wildman–Crippen MR) is 118 cm³/mol. The average Bonchev–Trinajstić information content (AvgIpc) is 3.03. The normalized spacial score (nSPS) is 18.1. The summed E-state index contributed by atoms with van der Waals surface area (Å²) in [5.74, 6) is 0.429. The number of carbonyl (C=O) groups excluding carboxylic acids is 2. The lowest BCUT2D eigenvalue weighted by molar-refractivity contribution is -0.129. The van der Waals surface area contributed by atoms with Crippen LogP contribution in [0.25, 0.3) is 10.9 Å². The molecule has 166 valence electrons. The number of nitrogens with zero attached hydrogens (tertiary/aromatic N) is 2. The minimum absolute atomic E-state index is 0.0581. The van der Waals surface area contributed by atoms with Gasteiger partial charge in [0.25, 0.3) is 11.5 Å². The molecule has 2 heterocycles. The number of aryl methyl sites for hydroxylation is 1. The number of esters is 1. The van der Waals surface area contributed by atoms with E-state index >= 15 is 0 Å². The number of nitrogens with one attached hydrogen (secondary N) is 1. The van der Waals surface area contributed by atoms with Crippen LogP contribution in [0.1, 0.15) is 74.5 Å². The van der Waals surface area contributed by atoms with Crippen molar-refractivity contribution < 1.29 is 14.3 Å². The summed E-state index contributed by atoms with van der Waals surface area (Å²) in [6.45, 7) is 2.91. The van der Waals surface area contributed by atoms with Crippen molar-refractivity contribution in [2.75, 3.05) is 6.54 Å². The Hall–Kier alpha value is -2.70. The van der Waals surface area contributed by atoms with Gasteiger partial charge in [0.05, 0.1) is 16.5 Å². The lowest BCUT2D eigenvalue weighted by Crippen LogP contribution is -2.38. The minimum atomic E-state index is -0.877. The van der Waals surface area contributed by atoms with E-state index in [0.717, 1.165) is 44.3 Å². The zero-order valence-electron chi connectivity index (χ0n) is 18.2. The van der Waals surface area contributed by atoms with Crippen LogP contribution >= 0.6 is 0 Å². The number of aromatic nitrogens is 2. The van der Waals surface area contributed by atoms with E-state index in [0.29, 0.717) is 35.5 Å². The van der Waals surface area contributed by atoms with Gasteiger partial charge in [-0.2, -0.15) is 0 Å². The molecule has 1 aliphatic carbocycles. The van der Waals surface area contributed by atoms with Crippen molar-refractivity contribution in [2.45, 2.75) is 77.4 Å². The van der Waals surface area contributed by atoms with Crippen LogP contribution in [0.4, 0.5) is 0 Å². The first kappa shape index (κ1) is 21.5. The standard InChI is InChI=1S/C24H31N3O4/c1-16(22(28)25-15-17-8-4-2-5-9-17)31-24(30)18-11-12-19-20(14-18)26-21-10-6-3-7-13-27(21)23(19)29/h11-12,14,16-17H,2-10,13,15H2,1H3,(H,25,28). The van der Waals surface area contributed by atoms with Gasteiger partial charge in [-0.1, -0.05) is 25.7 Å². The molecule has 2 aromatic rings. The molecule has 7 nitrogen and oxygen atoms in total. The van der Waals surface area contributed by atoms with Gasteiger partial charge >= 0.3 is 5.97 Å². The molecule has 1 amide bonds. The van der Waals surface area contributed by atoms with Gasteiger partial charge in [-0.3, -0.25) is 14.2 Å². The SMILES string of the molecule is CC(OC(=O)c1ccc2c(=O)n3c(nc2c1)CCCCC3)C(=O)NCC1CCCCC1. The molecule has 4 rings (SSSR count). The zero-order chi connectivity index (χ0) is 21.8. The van der Waals surface area contributed by atoms with Crippen molar-refractivity contribution in [3.05, 3.63) is 39.9 Å². The van der Waals surface area contributed by atoms with E-state index in [1.165, 1.54) is 19.3 Å². The van der Waals surface area contributed by atoms with E-state index in [-0.39, 0.29) is 11.5 Å². The molecule has 0 spiro atoms. The van der Waals surface area contributed by atoms with E-state index in [2.05, 4.69) is 10.3 Å². The summed E-state index contributed by atoms with van der Waals surface area (Å²) in [6.07, 6.45) is 8.94. The fraction of sp³-hybridized carbons (Fsp3) is 0.583. The Morgan fingerprint density at radius 1 is 1.16 bits per heavy atom. The number of carbonyl (C=O) groups is 2. The first-order valence-electron chi connectivity index (χ1n) is 11.5. The topological polar surface area (TPSA) is 90.3 Å². The third kappa shape index (κ3) is 4.97. The molecule has 31 heavy (non-hydrogen) atoms. The fourth-order valence-electron chi connectivity index (χ4n) is 4.61. The summed E-state index contributed by atoms with van der Waals surface area (Å²) in [4.78, 5) is 42.5. The molecule has 1 fully saturated rings. The summed E-state index contributed by atoms with van der Waals surface area (Å²) in [5.41, 5.74) is 0.740. The second-order valence-corrected chi connectivity index (χ2v) is 8.82. The van der Waals surface area contributed by atoms with E-state index in [1.807, 2.05) is 0 Å². The van der Waals surface area contributed by atoms with Crippen LogP contribution in [0.5, 0.6) is 0 Å². The smallest absolute Gasteiger partial charge is 0.338 e. The number of hydrogen-bond acceptors (Lipinski definition) is 5. The van der Waals surface area contributed by atoms with Crippen LogP contribution in [0.2, 0.25) is 0 Å². The highest BCUT2D eigenvalue weighted by Crippen LogP contribution is 2.23. The molecule has 1 N–H and O–H groups in total. The second kappa shape index (κ2) is 9.62. The number of amides is 1. The molecule has 1 aromatic carbocycles. The molecule has 1 saturated carbocycles. The molecule has 0 radical (unpaired) electrons. The molecule has 1 aliphatic heterocycles. The number of ether oxygens (including phenoxy) is 1. The molecule has 1 atom stereocenters. The summed E-state index contributed by atoms with van der Waals surface area (Å²) in [7, 11) is 0. The Labute approximate surface area is 182 Å². The third-order valence-corrected chi connectivity index (χ3v) is 6.49. The molecular formula is C24H31N3O4. The molecular weight excluding hydrogens is 394 g/mol. The molecule has 1 unspecified atom stereocenters. The van der Waals surface area contributed by atoms with E-state index in [1.54, 1.807) is 29.7 Å². The number of rotatable bonds is 5. The maximum Gasteiger partial charge on any atom is 0.338 e. The zero-order valence-corrected chi connectivity index (χ0v) is 18.2. The van der Waals surface area contributed by atoms with Crippen molar-refractivity contribution in [3.8, 4) is 0 Å².